The molecular formula is C96H162CaO14S2. The molecule has 0 saturated heterocycles. The zero-order valence-corrected chi connectivity index (χ0v) is 76.2. The Balaban J connectivity index is 0.00000220. The fourth-order valence-electron chi connectivity index (χ4n) is 13.8. The summed E-state index contributed by atoms with van der Waals surface area (Å²) in [5, 5.41) is 0. The number of hydrogen-bond donors (Lipinski definition) is 0. The van der Waals surface area contributed by atoms with Crippen LogP contribution >= 0.6 is 0 Å². The first-order valence-corrected chi connectivity index (χ1v) is 48.9. The Hall–Kier alpha value is -3.64. The third-order valence-corrected chi connectivity index (χ3v) is 22.7. The summed E-state index contributed by atoms with van der Waals surface area (Å²) < 4.78 is 91.6. The molecule has 0 aliphatic heterocycles. The molecule has 2 aromatic rings. The second kappa shape index (κ2) is 80.8. The molecule has 644 valence electrons. The minimum atomic E-state index is -4.82. The SMILES string of the molecule is CCCCCCCCCCCCC/C=C/CCCCCOC(=O)c1ccc(S(=O)(=O)[O-])cc1C(=O)OCCCCC/C=C/CCCCCCCCCCCCC.CCCCCCCCCCCCC/C=C/CCCCCOC(=O)c1ccc(S(=O)(=O)[O-])cc1C(=O)OCCCCC/C=C/CCCCCCCCCCCCC.[Ca+2]. The van der Waals surface area contributed by atoms with Crippen molar-refractivity contribution in [1.82, 2.24) is 0 Å². The van der Waals surface area contributed by atoms with Gasteiger partial charge in [-0.1, -0.05) is 333 Å². The number of allylic oxidation sites excluding steroid dienone is 8. The van der Waals surface area contributed by atoms with E-state index in [1.165, 1.54) is 283 Å². The Morgan fingerprint density at radius 3 is 0.558 bits per heavy atom. The van der Waals surface area contributed by atoms with Crippen LogP contribution in [-0.4, -0.2) is 114 Å². The quantitative estimate of drug-likeness (QED) is 0.0150. The number of unbranched alkanes of at least 4 members (excludes halogenated alkanes) is 56. The van der Waals surface area contributed by atoms with E-state index in [0.29, 0.717) is 25.7 Å². The van der Waals surface area contributed by atoms with Gasteiger partial charge in [-0.05, 0) is 190 Å². The van der Waals surface area contributed by atoms with Crippen LogP contribution in [0.2, 0.25) is 0 Å². The Morgan fingerprint density at radius 1 is 0.239 bits per heavy atom. The van der Waals surface area contributed by atoms with Gasteiger partial charge in [0.25, 0.3) is 0 Å². The monoisotopic (exact) mass is 1640 g/mol. The first-order valence-electron chi connectivity index (χ1n) is 46.1. The summed E-state index contributed by atoms with van der Waals surface area (Å²) in [7, 11) is -9.65. The molecular weight excluding hydrogens is 1480 g/mol. The van der Waals surface area contributed by atoms with E-state index in [0.717, 1.165) is 139 Å². The van der Waals surface area contributed by atoms with Crippen LogP contribution in [0.3, 0.4) is 0 Å². The largest absolute Gasteiger partial charge is 2.00 e. The molecule has 0 radical (unpaired) electrons. The van der Waals surface area contributed by atoms with E-state index in [4.69, 9.17) is 18.9 Å². The van der Waals surface area contributed by atoms with Crippen molar-refractivity contribution in [2.75, 3.05) is 26.4 Å². The van der Waals surface area contributed by atoms with Crippen molar-refractivity contribution in [2.45, 2.75) is 448 Å². The van der Waals surface area contributed by atoms with E-state index < -0.39 is 53.9 Å². The van der Waals surface area contributed by atoms with Crippen LogP contribution in [0, 0.1) is 0 Å². The smallest absolute Gasteiger partial charge is 0.744 e. The zero-order chi connectivity index (χ0) is 81.6. The van der Waals surface area contributed by atoms with E-state index >= 15 is 0 Å². The molecule has 17 heteroatoms. The third kappa shape index (κ3) is 67.9. The summed E-state index contributed by atoms with van der Waals surface area (Å²) in [6, 6.07) is 6.22. The molecule has 14 nitrogen and oxygen atoms in total. The predicted octanol–water partition coefficient (Wildman–Crippen LogP) is 28.7. The number of carbonyl (C=O) groups excluding carboxylic acids is 4. The number of benzene rings is 2. The van der Waals surface area contributed by atoms with Gasteiger partial charge < -0.3 is 28.1 Å². The summed E-state index contributed by atoms with van der Waals surface area (Å²) in [6.07, 6.45) is 96.1. The van der Waals surface area contributed by atoms with Gasteiger partial charge in [0.15, 0.2) is 0 Å². The van der Waals surface area contributed by atoms with Crippen LogP contribution in [0.5, 0.6) is 0 Å². The van der Waals surface area contributed by atoms with Crippen molar-refractivity contribution in [3.05, 3.63) is 107 Å². The molecule has 0 atom stereocenters. The van der Waals surface area contributed by atoms with Gasteiger partial charge in [0, 0.05) is 0 Å². The molecule has 2 aromatic carbocycles. The van der Waals surface area contributed by atoms with E-state index in [9.17, 15) is 45.1 Å². The first-order chi connectivity index (χ1) is 54.6. The Morgan fingerprint density at radius 2 is 0.389 bits per heavy atom. The third-order valence-electron chi connectivity index (χ3n) is 21.0. The summed E-state index contributed by atoms with van der Waals surface area (Å²) in [5.41, 5.74) is -0.730. The van der Waals surface area contributed by atoms with E-state index in [2.05, 4.69) is 76.3 Å². The first kappa shape index (κ1) is 109. The Bertz CT molecular complexity index is 2740. The van der Waals surface area contributed by atoms with Crippen molar-refractivity contribution < 1.29 is 64.1 Å². The van der Waals surface area contributed by atoms with Gasteiger partial charge in [-0.2, -0.15) is 0 Å². The van der Waals surface area contributed by atoms with Crippen molar-refractivity contribution in [1.29, 1.82) is 0 Å². The van der Waals surface area contributed by atoms with Gasteiger partial charge in [-0.25, -0.2) is 36.0 Å². The number of esters is 4. The molecule has 0 bridgehead atoms. The second-order valence-corrected chi connectivity index (χ2v) is 34.2. The molecule has 113 heavy (non-hydrogen) atoms. The molecule has 0 unspecified atom stereocenters. The van der Waals surface area contributed by atoms with Crippen molar-refractivity contribution in [3.8, 4) is 0 Å². The van der Waals surface area contributed by atoms with Crippen molar-refractivity contribution in [2.24, 2.45) is 0 Å². The number of rotatable bonds is 78. The van der Waals surface area contributed by atoms with Crippen molar-refractivity contribution in [3.63, 3.8) is 0 Å². The van der Waals surface area contributed by atoms with Gasteiger partial charge in [0.1, 0.15) is 20.2 Å². The summed E-state index contributed by atoms with van der Waals surface area (Å²) in [4.78, 5) is 50.5. The molecule has 0 amide bonds. The molecule has 0 saturated carbocycles. The molecule has 0 N–H and O–H groups in total. The van der Waals surface area contributed by atoms with Crippen molar-refractivity contribution >= 4 is 81.9 Å². The number of carbonyl (C=O) groups is 4. The second-order valence-electron chi connectivity index (χ2n) is 31.4. The number of hydrogen-bond acceptors (Lipinski definition) is 14. The van der Waals surface area contributed by atoms with Crippen LogP contribution in [0.15, 0.2) is 94.8 Å². The maximum absolute atomic E-state index is 12.9. The maximum atomic E-state index is 12.9. The summed E-state index contributed by atoms with van der Waals surface area (Å²) >= 11 is 0. The fourth-order valence-corrected chi connectivity index (χ4v) is 14.8. The minimum absolute atomic E-state index is 0. The molecule has 0 aliphatic carbocycles. The molecule has 0 aliphatic rings. The van der Waals surface area contributed by atoms with Gasteiger partial charge in [0.05, 0.1) is 58.5 Å². The topological polar surface area (TPSA) is 220 Å². The van der Waals surface area contributed by atoms with Crippen LogP contribution < -0.4 is 0 Å². The molecule has 2 rings (SSSR count). The zero-order valence-electron chi connectivity index (χ0n) is 72.4. The normalized spacial score (nSPS) is 11.8. The standard InChI is InChI=1S/2C48H82O7S.Ca/c2*1-3-5-7-9-11-13-15-17-19-21-23-25-27-29-31-33-35-37-41-54-47(49)45-40-39-44(56(51,52)53)43-46(45)48(50)55-42-38-36-34-32-30-28-26-24-22-20-18-16-14-12-10-8-6-4-2;/h2*27-30,39-40,43H,3-26,31-38,41-42H2,1-2H3,(H,51,52,53);/q;;+2/p-2/b2*29-27+,30-28+;. The van der Waals surface area contributed by atoms with Gasteiger partial charge in [0.2, 0.25) is 0 Å². The molecule has 0 heterocycles. The maximum Gasteiger partial charge on any atom is 2.00 e. The van der Waals surface area contributed by atoms with Gasteiger partial charge in [-0.15, -0.1) is 0 Å². The average molecular weight is 1640 g/mol. The molecule has 0 spiro atoms. The summed E-state index contributed by atoms with van der Waals surface area (Å²) in [5.74, 6) is -3.15. The summed E-state index contributed by atoms with van der Waals surface area (Å²) in [6.45, 7) is 9.69. The van der Waals surface area contributed by atoms with Gasteiger partial charge >= 0.3 is 61.6 Å². The van der Waals surface area contributed by atoms with E-state index in [1.54, 1.807) is 0 Å². The minimum Gasteiger partial charge on any atom is -0.744 e. The van der Waals surface area contributed by atoms with E-state index in [-0.39, 0.29) is 86.4 Å². The van der Waals surface area contributed by atoms with Crippen LogP contribution in [0.4, 0.5) is 0 Å². The number of ether oxygens (including phenoxy) is 4. The predicted molar refractivity (Wildman–Crippen MR) is 470 cm³/mol. The van der Waals surface area contributed by atoms with Crippen LogP contribution in [-0.2, 0) is 39.2 Å². The Kier molecular flexibility index (Phi) is 78.2. The molecule has 0 aromatic heterocycles. The average Bonchev–Trinajstić information content (AvgIpc) is 0.814. The van der Waals surface area contributed by atoms with E-state index in [1.807, 2.05) is 0 Å². The van der Waals surface area contributed by atoms with Gasteiger partial charge in [-0.3, -0.25) is 0 Å². The van der Waals surface area contributed by atoms with Crippen LogP contribution in [0.25, 0.3) is 0 Å². The fraction of sp³-hybridized carbons (Fsp3) is 0.750. The Labute approximate surface area is 722 Å². The molecule has 0 fully saturated rings. The van der Waals surface area contributed by atoms with Crippen LogP contribution in [0.1, 0.15) is 480 Å².